The maximum Gasteiger partial charge on any atom is 0.253 e. The van der Waals surface area contributed by atoms with Crippen LogP contribution >= 0.6 is 0 Å². The zero-order chi connectivity index (χ0) is 17.3. The Balaban J connectivity index is 1.61. The van der Waals surface area contributed by atoms with Crippen LogP contribution in [0.4, 0.5) is 0 Å². The predicted molar refractivity (Wildman–Crippen MR) is 89.3 cm³/mol. The molecule has 1 atom stereocenters. The van der Waals surface area contributed by atoms with Crippen molar-refractivity contribution in [2.45, 2.75) is 45.6 Å². The summed E-state index contributed by atoms with van der Waals surface area (Å²) in [7, 11) is 1.79. The summed E-state index contributed by atoms with van der Waals surface area (Å²) in [6, 6.07) is 5.64. The van der Waals surface area contributed by atoms with E-state index in [0.717, 1.165) is 17.7 Å². The highest BCUT2D eigenvalue weighted by Gasteiger charge is 2.21. The van der Waals surface area contributed by atoms with Gasteiger partial charge in [0.05, 0.1) is 0 Å². The van der Waals surface area contributed by atoms with Crippen molar-refractivity contribution in [3.63, 3.8) is 0 Å². The molecule has 1 aliphatic heterocycles. The predicted octanol–water partition coefficient (Wildman–Crippen LogP) is 2.83. The van der Waals surface area contributed by atoms with Crippen LogP contribution in [0.3, 0.4) is 0 Å². The Hall–Kier alpha value is -2.37. The van der Waals surface area contributed by atoms with Crippen molar-refractivity contribution < 1.29 is 14.1 Å². The van der Waals surface area contributed by atoms with Gasteiger partial charge in [-0.2, -0.15) is 4.98 Å². The van der Waals surface area contributed by atoms with Gasteiger partial charge >= 0.3 is 0 Å². The summed E-state index contributed by atoms with van der Waals surface area (Å²) in [5.41, 5.74) is 1.78. The van der Waals surface area contributed by atoms with Gasteiger partial charge in [0, 0.05) is 37.9 Å². The third-order valence-corrected chi connectivity index (χ3v) is 4.14. The van der Waals surface area contributed by atoms with E-state index in [1.165, 1.54) is 0 Å². The molecule has 2 heterocycles. The molecule has 2 aromatic rings. The molecule has 0 bridgehead atoms. The molecule has 0 spiro atoms. The SMILES string of the molecule is CC1Cc2cc(C(=O)N(C)CCc3noc(C(C)C)n3)ccc2O1. The Kier molecular flexibility index (Phi) is 4.55. The fourth-order valence-electron chi connectivity index (χ4n) is 2.75. The summed E-state index contributed by atoms with van der Waals surface area (Å²) in [5, 5.41) is 3.96. The molecular formula is C18H23N3O3. The Bertz CT molecular complexity index is 739. The van der Waals surface area contributed by atoms with Gasteiger partial charge in [-0.15, -0.1) is 0 Å². The standard InChI is InChI=1S/C18H23N3O3/c1-11(2)17-19-16(20-24-17)7-8-21(4)18(22)13-5-6-15-14(10-13)9-12(3)23-15/h5-6,10-12H,7-9H2,1-4H3. The van der Waals surface area contributed by atoms with Crippen LogP contribution < -0.4 is 4.74 Å². The molecule has 1 aliphatic rings. The van der Waals surface area contributed by atoms with Gasteiger partial charge in [-0.05, 0) is 30.7 Å². The smallest absolute Gasteiger partial charge is 0.253 e. The maximum absolute atomic E-state index is 12.6. The van der Waals surface area contributed by atoms with Crippen LogP contribution in [0, 0.1) is 0 Å². The minimum Gasteiger partial charge on any atom is -0.490 e. The molecule has 128 valence electrons. The highest BCUT2D eigenvalue weighted by molar-refractivity contribution is 5.94. The van der Waals surface area contributed by atoms with Gasteiger partial charge in [-0.25, -0.2) is 0 Å². The lowest BCUT2D eigenvalue weighted by Gasteiger charge is -2.16. The summed E-state index contributed by atoms with van der Waals surface area (Å²) >= 11 is 0. The first-order chi connectivity index (χ1) is 11.4. The first-order valence-electron chi connectivity index (χ1n) is 8.31. The number of ether oxygens (including phenoxy) is 1. The molecule has 6 heteroatoms. The van der Waals surface area contributed by atoms with Crippen molar-refractivity contribution in [2.24, 2.45) is 0 Å². The second-order valence-electron chi connectivity index (χ2n) is 6.64. The van der Waals surface area contributed by atoms with Gasteiger partial charge in [0.25, 0.3) is 5.91 Å². The number of benzene rings is 1. The average molecular weight is 329 g/mol. The minimum absolute atomic E-state index is 0.00932. The van der Waals surface area contributed by atoms with E-state index in [9.17, 15) is 4.79 Å². The number of aromatic nitrogens is 2. The molecule has 1 unspecified atom stereocenters. The van der Waals surface area contributed by atoms with Gasteiger partial charge in [-0.3, -0.25) is 4.79 Å². The lowest BCUT2D eigenvalue weighted by Crippen LogP contribution is -2.29. The van der Waals surface area contributed by atoms with Gasteiger partial charge in [0.15, 0.2) is 5.82 Å². The van der Waals surface area contributed by atoms with E-state index in [0.29, 0.717) is 30.2 Å². The molecule has 1 amide bonds. The summed E-state index contributed by atoms with van der Waals surface area (Å²) in [4.78, 5) is 18.6. The van der Waals surface area contributed by atoms with Crippen LogP contribution in [0.15, 0.2) is 22.7 Å². The molecule has 1 aromatic carbocycles. The van der Waals surface area contributed by atoms with Crippen molar-refractivity contribution in [1.82, 2.24) is 15.0 Å². The molecule has 0 saturated carbocycles. The van der Waals surface area contributed by atoms with Crippen LogP contribution in [0.5, 0.6) is 5.75 Å². The topological polar surface area (TPSA) is 68.5 Å². The van der Waals surface area contributed by atoms with Gasteiger partial charge < -0.3 is 14.2 Å². The van der Waals surface area contributed by atoms with Crippen LogP contribution in [-0.2, 0) is 12.8 Å². The van der Waals surface area contributed by atoms with Gasteiger partial charge in [0.2, 0.25) is 5.89 Å². The molecule has 0 radical (unpaired) electrons. The third-order valence-electron chi connectivity index (χ3n) is 4.14. The third kappa shape index (κ3) is 3.42. The number of hydrogen-bond acceptors (Lipinski definition) is 5. The van der Waals surface area contributed by atoms with E-state index >= 15 is 0 Å². The Labute approximate surface area is 141 Å². The van der Waals surface area contributed by atoms with Crippen molar-refractivity contribution in [3.05, 3.63) is 41.0 Å². The Morgan fingerprint density at radius 1 is 1.42 bits per heavy atom. The maximum atomic E-state index is 12.6. The summed E-state index contributed by atoms with van der Waals surface area (Å²) in [5.74, 6) is 2.35. The molecule has 0 N–H and O–H groups in total. The largest absolute Gasteiger partial charge is 0.490 e. The molecule has 6 nitrogen and oxygen atoms in total. The second-order valence-corrected chi connectivity index (χ2v) is 6.64. The highest BCUT2D eigenvalue weighted by Crippen LogP contribution is 2.29. The van der Waals surface area contributed by atoms with Crippen molar-refractivity contribution >= 4 is 5.91 Å². The first-order valence-corrected chi connectivity index (χ1v) is 8.31. The Morgan fingerprint density at radius 2 is 2.21 bits per heavy atom. The molecular weight excluding hydrogens is 306 g/mol. The number of likely N-dealkylation sites (N-methyl/N-ethyl adjacent to an activating group) is 1. The average Bonchev–Trinajstić information content (AvgIpc) is 3.16. The molecule has 24 heavy (non-hydrogen) atoms. The van der Waals surface area contributed by atoms with Crippen LogP contribution in [0.1, 0.15) is 54.3 Å². The summed E-state index contributed by atoms with van der Waals surface area (Å²) < 4.78 is 10.9. The van der Waals surface area contributed by atoms with E-state index < -0.39 is 0 Å². The van der Waals surface area contributed by atoms with E-state index in [2.05, 4.69) is 10.1 Å². The van der Waals surface area contributed by atoms with Crippen LogP contribution in [0.25, 0.3) is 0 Å². The number of hydrogen-bond donors (Lipinski definition) is 0. The van der Waals surface area contributed by atoms with Gasteiger partial charge in [-0.1, -0.05) is 19.0 Å². The lowest BCUT2D eigenvalue weighted by molar-refractivity contribution is 0.0795. The zero-order valence-corrected chi connectivity index (χ0v) is 14.6. The number of fused-ring (bicyclic) bond motifs is 1. The summed E-state index contributed by atoms with van der Waals surface area (Å²) in [6.07, 6.45) is 1.60. The number of nitrogens with zero attached hydrogens (tertiary/aromatic N) is 3. The molecule has 3 rings (SSSR count). The number of carbonyl (C=O) groups is 1. The second kappa shape index (κ2) is 6.63. The van der Waals surface area contributed by atoms with Crippen molar-refractivity contribution in [1.29, 1.82) is 0 Å². The van der Waals surface area contributed by atoms with E-state index in [1.54, 1.807) is 11.9 Å². The molecule has 1 aromatic heterocycles. The van der Waals surface area contributed by atoms with E-state index in [-0.39, 0.29) is 17.9 Å². The fourth-order valence-corrected chi connectivity index (χ4v) is 2.75. The normalized spacial score (nSPS) is 16.1. The van der Waals surface area contributed by atoms with Crippen molar-refractivity contribution in [2.75, 3.05) is 13.6 Å². The first kappa shape index (κ1) is 16.5. The molecule has 0 saturated heterocycles. The number of carbonyl (C=O) groups excluding carboxylic acids is 1. The fraction of sp³-hybridized carbons (Fsp3) is 0.500. The molecule has 0 aliphatic carbocycles. The Morgan fingerprint density at radius 3 is 2.92 bits per heavy atom. The number of rotatable bonds is 5. The molecule has 0 fully saturated rings. The highest BCUT2D eigenvalue weighted by atomic mass is 16.5. The quantitative estimate of drug-likeness (QED) is 0.844. The van der Waals surface area contributed by atoms with Gasteiger partial charge in [0.1, 0.15) is 11.9 Å². The van der Waals surface area contributed by atoms with E-state index in [4.69, 9.17) is 9.26 Å². The lowest BCUT2D eigenvalue weighted by atomic mass is 10.1. The van der Waals surface area contributed by atoms with Crippen molar-refractivity contribution in [3.8, 4) is 5.75 Å². The minimum atomic E-state index is -0.00932. The zero-order valence-electron chi connectivity index (χ0n) is 14.6. The monoisotopic (exact) mass is 329 g/mol. The van der Waals surface area contributed by atoms with E-state index in [1.807, 2.05) is 39.0 Å². The van der Waals surface area contributed by atoms with Crippen LogP contribution in [-0.4, -0.2) is 40.6 Å². The summed E-state index contributed by atoms with van der Waals surface area (Å²) in [6.45, 7) is 6.58. The van der Waals surface area contributed by atoms with Crippen LogP contribution in [0.2, 0.25) is 0 Å². The number of amides is 1.